The van der Waals surface area contributed by atoms with Crippen LogP contribution in [0.25, 0.3) is 0 Å². The Hall–Kier alpha value is -3.22. The van der Waals surface area contributed by atoms with Crippen molar-refractivity contribution < 1.29 is 28.5 Å². The first kappa shape index (κ1) is 20.1. The molecule has 0 aliphatic carbocycles. The minimum atomic E-state index is -0.684. The fourth-order valence-corrected chi connectivity index (χ4v) is 2.20. The van der Waals surface area contributed by atoms with Crippen LogP contribution in [-0.4, -0.2) is 32.9 Å². The van der Waals surface area contributed by atoms with Crippen LogP contribution >= 0.6 is 0 Å². The lowest BCUT2D eigenvalue weighted by atomic mass is 10.2. The molecule has 2 rings (SSSR count). The fourth-order valence-electron chi connectivity index (χ4n) is 2.20. The average Bonchev–Trinajstić information content (AvgIpc) is 2.68. The summed E-state index contributed by atoms with van der Waals surface area (Å²) in [6.45, 7) is 2.41. The Morgan fingerprint density at radius 3 is 2.30 bits per heavy atom. The average molecular weight is 373 g/mol. The third kappa shape index (κ3) is 5.91. The predicted octanol–water partition coefficient (Wildman–Crippen LogP) is 4.27. The van der Waals surface area contributed by atoms with Gasteiger partial charge < -0.3 is 18.9 Å². The number of hydrogen-bond donors (Lipinski definition) is 1. The first-order valence-electron chi connectivity index (χ1n) is 8.55. The highest BCUT2D eigenvalue weighted by Gasteiger charge is 2.12. The summed E-state index contributed by atoms with van der Waals surface area (Å²) in [5.41, 5.74) is 0.843. The van der Waals surface area contributed by atoms with Crippen molar-refractivity contribution in [2.24, 2.45) is 0 Å². The van der Waals surface area contributed by atoms with Crippen molar-refractivity contribution in [1.82, 2.24) is 0 Å². The predicted molar refractivity (Wildman–Crippen MR) is 101 cm³/mol. The van der Waals surface area contributed by atoms with Gasteiger partial charge in [-0.1, -0.05) is 13.3 Å². The number of amides is 1. The van der Waals surface area contributed by atoms with Crippen LogP contribution in [-0.2, 0) is 4.74 Å². The molecule has 7 nitrogen and oxygen atoms in total. The number of anilines is 1. The van der Waals surface area contributed by atoms with Gasteiger partial charge in [0.25, 0.3) is 0 Å². The van der Waals surface area contributed by atoms with Crippen LogP contribution in [0.3, 0.4) is 0 Å². The topological polar surface area (TPSA) is 83.1 Å². The fraction of sp³-hybridized carbons (Fsp3) is 0.300. The molecule has 27 heavy (non-hydrogen) atoms. The molecular weight excluding hydrogens is 350 g/mol. The molecule has 2 aromatic rings. The van der Waals surface area contributed by atoms with E-state index in [1.165, 1.54) is 19.2 Å². The highest BCUT2D eigenvalue weighted by molar-refractivity contribution is 5.90. The molecule has 0 atom stereocenters. The van der Waals surface area contributed by atoms with Crippen LogP contribution in [0.5, 0.6) is 17.2 Å². The maximum Gasteiger partial charge on any atom is 0.417 e. The number of rotatable bonds is 8. The highest BCUT2D eigenvalue weighted by atomic mass is 16.6. The van der Waals surface area contributed by atoms with E-state index in [4.69, 9.17) is 18.9 Å². The van der Waals surface area contributed by atoms with E-state index in [1.54, 1.807) is 37.4 Å². The second kappa shape index (κ2) is 10.1. The van der Waals surface area contributed by atoms with Crippen molar-refractivity contribution in [2.75, 3.05) is 26.1 Å². The monoisotopic (exact) mass is 373 g/mol. The summed E-state index contributed by atoms with van der Waals surface area (Å²) in [6, 6.07) is 11.1. The summed E-state index contributed by atoms with van der Waals surface area (Å²) in [5, 5.41) is 2.60. The van der Waals surface area contributed by atoms with Crippen LogP contribution in [0.1, 0.15) is 30.1 Å². The summed E-state index contributed by atoms with van der Waals surface area (Å²) in [5.74, 6) is 0.941. The van der Waals surface area contributed by atoms with Crippen molar-refractivity contribution in [3.63, 3.8) is 0 Å². The van der Waals surface area contributed by atoms with Crippen molar-refractivity contribution in [3.05, 3.63) is 48.0 Å². The number of hydrogen-bond acceptors (Lipinski definition) is 6. The Bertz CT molecular complexity index is 773. The zero-order chi connectivity index (χ0) is 19.6. The Labute approximate surface area is 158 Å². The minimum Gasteiger partial charge on any atom is -0.497 e. The summed E-state index contributed by atoms with van der Waals surface area (Å²) in [4.78, 5) is 23.9. The quantitative estimate of drug-likeness (QED) is 0.549. The van der Waals surface area contributed by atoms with E-state index in [2.05, 4.69) is 5.32 Å². The third-order valence-electron chi connectivity index (χ3n) is 3.68. The van der Waals surface area contributed by atoms with Gasteiger partial charge in [-0.05, 0) is 42.8 Å². The van der Waals surface area contributed by atoms with Crippen molar-refractivity contribution >= 4 is 17.7 Å². The molecule has 0 saturated carbocycles. The minimum absolute atomic E-state index is 0.296. The van der Waals surface area contributed by atoms with E-state index < -0.39 is 12.1 Å². The molecule has 0 aromatic heterocycles. The van der Waals surface area contributed by atoms with E-state index in [0.717, 1.165) is 12.8 Å². The Morgan fingerprint density at radius 1 is 0.963 bits per heavy atom. The summed E-state index contributed by atoms with van der Waals surface area (Å²) >= 11 is 0. The van der Waals surface area contributed by atoms with Gasteiger partial charge in [-0.25, -0.2) is 9.59 Å². The van der Waals surface area contributed by atoms with Gasteiger partial charge in [0.1, 0.15) is 17.2 Å². The maximum absolute atomic E-state index is 12.1. The number of benzene rings is 2. The lowest BCUT2D eigenvalue weighted by Gasteiger charge is -2.12. The molecule has 0 heterocycles. The molecule has 0 saturated heterocycles. The number of carbonyl (C=O) groups is 2. The molecular formula is C20H23NO6. The molecule has 0 radical (unpaired) electrons. The zero-order valence-electron chi connectivity index (χ0n) is 15.6. The number of esters is 1. The van der Waals surface area contributed by atoms with Crippen LogP contribution in [0.2, 0.25) is 0 Å². The molecule has 144 valence electrons. The molecule has 0 aliphatic rings. The van der Waals surface area contributed by atoms with Crippen LogP contribution in [0.4, 0.5) is 10.5 Å². The van der Waals surface area contributed by atoms with E-state index in [0.29, 0.717) is 35.1 Å². The van der Waals surface area contributed by atoms with E-state index >= 15 is 0 Å². The lowest BCUT2D eigenvalue weighted by Crippen LogP contribution is -2.17. The van der Waals surface area contributed by atoms with Crippen molar-refractivity contribution in [1.29, 1.82) is 0 Å². The van der Waals surface area contributed by atoms with Crippen molar-refractivity contribution in [3.8, 4) is 17.2 Å². The molecule has 7 heteroatoms. The van der Waals surface area contributed by atoms with Gasteiger partial charge in [-0.2, -0.15) is 0 Å². The molecule has 1 N–H and O–H groups in total. The third-order valence-corrected chi connectivity index (χ3v) is 3.68. The maximum atomic E-state index is 12.1. The van der Waals surface area contributed by atoms with Gasteiger partial charge >= 0.3 is 12.1 Å². The largest absolute Gasteiger partial charge is 0.497 e. The van der Waals surface area contributed by atoms with Crippen LogP contribution in [0.15, 0.2) is 42.5 Å². The van der Waals surface area contributed by atoms with E-state index in [-0.39, 0.29) is 0 Å². The van der Waals surface area contributed by atoms with Gasteiger partial charge in [0, 0.05) is 6.07 Å². The summed E-state index contributed by atoms with van der Waals surface area (Å²) in [6.07, 6.45) is 1.09. The zero-order valence-corrected chi connectivity index (χ0v) is 15.6. The Kier molecular flexibility index (Phi) is 7.49. The Morgan fingerprint density at radius 2 is 1.67 bits per heavy atom. The molecule has 2 aromatic carbocycles. The standard InChI is InChI=1S/C20H23NO6/c1-4-5-12-26-19(22)14-6-8-15(9-7-14)27-20(23)21-17-11-10-16(24-2)13-18(17)25-3/h6-11,13H,4-5,12H2,1-3H3,(H,21,23). The van der Waals surface area contributed by atoms with Gasteiger partial charge in [-0.15, -0.1) is 0 Å². The second-order valence-corrected chi connectivity index (χ2v) is 5.59. The summed E-state index contributed by atoms with van der Waals surface area (Å²) < 4.78 is 20.7. The second-order valence-electron chi connectivity index (χ2n) is 5.59. The molecule has 0 fully saturated rings. The van der Waals surface area contributed by atoms with E-state index in [9.17, 15) is 9.59 Å². The van der Waals surface area contributed by atoms with Gasteiger partial charge in [0.15, 0.2) is 0 Å². The Balaban J connectivity index is 1.95. The summed E-state index contributed by atoms with van der Waals surface area (Å²) in [7, 11) is 3.03. The van der Waals surface area contributed by atoms with Gasteiger partial charge in [-0.3, -0.25) is 5.32 Å². The van der Waals surface area contributed by atoms with Gasteiger partial charge in [0.05, 0.1) is 32.1 Å². The van der Waals surface area contributed by atoms with E-state index in [1.807, 2.05) is 6.92 Å². The molecule has 0 unspecified atom stereocenters. The molecule has 1 amide bonds. The molecule has 0 bridgehead atoms. The smallest absolute Gasteiger partial charge is 0.417 e. The normalized spacial score (nSPS) is 10.0. The molecule has 0 spiro atoms. The number of unbranched alkanes of at least 4 members (excludes halogenated alkanes) is 1. The number of methoxy groups -OCH3 is 2. The highest BCUT2D eigenvalue weighted by Crippen LogP contribution is 2.29. The molecule has 0 aliphatic heterocycles. The first-order chi connectivity index (χ1) is 13.1. The SMILES string of the molecule is CCCCOC(=O)c1ccc(OC(=O)Nc2ccc(OC)cc2OC)cc1. The number of nitrogens with one attached hydrogen (secondary N) is 1. The number of carbonyl (C=O) groups excluding carboxylic acids is 2. The van der Waals surface area contributed by atoms with Crippen LogP contribution < -0.4 is 19.5 Å². The van der Waals surface area contributed by atoms with Crippen LogP contribution in [0, 0.1) is 0 Å². The lowest BCUT2D eigenvalue weighted by molar-refractivity contribution is 0.0499. The van der Waals surface area contributed by atoms with Crippen molar-refractivity contribution in [2.45, 2.75) is 19.8 Å². The van der Waals surface area contributed by atoms with Gasteiger partial charge in [0.2, 0.25) is 0 Å². The first-order valence-corrected chi connectivity index (χ1v) is 8.55. The number of ether oxygens (including phenoxy) is 4.